The van der Waals surface area contributed by atoms with Crippen LogP contribution in [0, 0.1) is 6.07 Å². The second-order valence-electron chi connectivity index (χ2n) is 6.04. The first kappa shape index (κ1) is 13.7. The van der Waals surface area contributed by atoms with Gasteiger partial charge < -0.3 is 0 Å². The van der Waals surface area contributed by atoms with Crippen LogP contribution in [0.25, 0.3) is 0 Å². The summed E-state index contributed by atoms with van der Waals surface area (Å²) in [6.45, 7) is -0.400. The summed E-state index contributed by atoms with van der Waals surface area (Å²) < 4.78 is 26.7. The van der Waals surface area contributed by atoms with Crippen LogP contribution in [-0.2, 0) is 6.42 Å². The molecule has 0 N–H and O–H groups in total. The van der Waals surface area contributed by atoms with E-state index in [1.165, 1.54) is 11.1 Å². The SMILES string of the molecule is FC1(F)CN(N2c3cc[c]cc3CCC2c2ccccc2)C1. The van der Waals surface area contributed by atoms with Gasteiger partial charge in [0, 0.05) is 0 Å². The van der Waals surface area contributed by atoms with Crippen molar-refractivity contribution < 1.29 is 8.78 Å². The fraction of sp³-hybridized carbons (Fsp3) is 0.333. The van der Waals surface area contributed by atoms with E-state index in [9.17, 15) is 8.78 Å². The number of hydrazine groups is 1. The fourth-order valence-electron chi connectivity index (χ4n) is 3.44. The van der Waals surface area contributed by atoms with Gasteiger partial charge in [-0.1, -0.05) is 36.4 Å². The largest absolute Gasteiger partial charge is 0.298 e. The summed E-state index contributed by atoms with van der Waals surface area (Å²) in [6.07, 6.45) is 1.88. The second kappa shape index (κ2) is 5.06. The van der Waals surface area contributed by atoms with Crippen molar-refractivity contribution in [2.75, 3.05) is 18.1 Å². The minimum absolute atomic E-state index is 0.118. The highest BCUT2D eigenvalue weighted by atomic mass is 19.3. The molecule has 4 rings (SSSR count). The Bertz CT molecular complexity index is 664. The lowest BCUT2D eigenvalue weighted by Crippen LogP contribution is -2.64. The molecule has 2 heterocycles. The fourth-order valence-corrected chi connectivity index (χ4v) is 3.44. The van der Waals surface area contributed by atoms with Gasteiger partial charge in [0.1, 0.15) is 0 Å². The molecule has 0 amide bonds. The zero-order valence-corrected chi connectivity index (χ0v) is 12.2. The van der Waals surface area contributed by atoms with Crippen LogP contribution in [0.2, 0.25) is 0 Å². The zero-order valence-electron chi connectivity index (χ0n) is 12.2. The molecule has 22 heavy (non-hydrogen) atoms. The Balaban J connectivity index is 1.73. The van der Waals surface area contributed by atoms with Crippen molar-refractivity contribution in [1.82, 2.24) is 5.01 Å². The molecular formula is C18H17F2N2. The molecule has 0 saturated carbocycles. The Hall–Kier alpha value is -1.94. The quantitative estimate of drug-likeness (QED) is 0.831. The third-order valence-corrected chi connectivity index (χ3v) is 4.47. The van der Waals surface area contributed by atoms with Gasteiger partial charge in [-0.3, -0.25) is 5.01 Å². The molecule has 0 spiro atoms. The number of hydrogen-bond acceptors (Lipinski definition) is 2. The van der Waals surface area contributed by atoms with Gasteiger partial charge in [0.2, 0.25) is 0 Å². The summed E-state index contributed by atoms with van der Waals surface area (Å²) >= 11 is 0. The Morgan fingerprint density at radius 2 is 1.86 bits per heavy atom. The van der Waals surface area contributed by atoms with Crippen molar-refractivity contribution in [2.24, 2.45) is 0 Å². The van der Waals surface area contributed by atoms with Crippen molar-refractivity contribution >= 4 is 5.69 Å². The molecule has 0 bridgehead atoms. The van der Waals surface area contributed by atoms with Crippen LogP contribution < -0.4 is 5.01 Å². The highest BCUT2D eigenvalue weighted by Gasteiger charge is 2.49. The average Bonchev–Trinajstić information content (AvgIpc) is 2.52. The Kier molecular flexibility index (Phi) is 3.15. The number of rotatable bonds is 2. The number of aryl methyl sites for hydroxylation is 1. The van der Waals surface area contributed by atoms with Gasteiger partial charge in [-0.15, -0.1) is 0 Å². The maximum atomic E-state index is 13.4. The molecule has 2 aliphatic heterocycles. The van der Waals surface area contributed by atoms with Crippen LogP contribution in [0.4, 0.5) is 14.5 Å². The molecular weight excluding hydrogens is 282 g/mol. The average molecular weight is 299 g/mol. The molecule has 0 aromatic heterocycles. The summed E-state index contributed by atoms with van der Waals surface area (Å²) in [6, 6.07) is 19.2. The van der Waals surface area contributed by atoms with E-state index in [4.69, 9.17) is 0 Å². The number of hydrogen-bond donors (Lipinski definition) is 0. The molecule has 2 aromatic carbocycles. The van der Waals surface area contributed by atoms with E-state index in [-0.39, 0.29) is 19.1 Å². The van der Waals surface area contributed by atoms with Gasteiger partial charge in [0.15, 0.2) is 0 Å². The molecule has 1 fully saturated rings. The third-order valence-electron chi connectivity index (χ3n) is 4.47. The summed E-state index contributed by atoms with van der Waals surface area (Å²) in [5.41, 5.74) is 3.40. The van der Waals surface area contributed by atoms with E-state index in [1.54, 1.807) is 5.01 Å². The summed E-state index contributed by atoms with van der Waals surface area (Å²) in [4.78, 5) is 0. The van der Waals surface area contributed by atoms with Gasteiger partial charge in [-0.2, -0.15) is 0 Å². The molecule has 0 aliphatic carbocycles. The standard InChI is InChI=1S/C18H17F2N2/c19-18(20)12-21(13-18)22-16-9-5-4-8-15(16)10-11-17(22)14-6-2-1-3-7-14/h1-3,5-9,17H,10-13H2. The van der Waals surface area contributed by atoms with Gasteiger partial charge in [-0.25, -0.2) is 13.8 Å². The molecule has 1 radical (unpaired) electrons. The number of benzene rings is 2. The third kappa shape index (κ3) is 2.28. The highest BCUT2D eigenvalue weighted by molar-refractivity contribution is 5.57. The van der Waals surface area contributed by atoms with Crippen LogP contribution in [0.15, 0.2) is 48.5 Å². The van der Waals surface area contributed by atoms with Crippen molar-refractivity contribution in [3.05, 3.63) is 65.7 Å². The summed E-state index contributed by atoms with van der Waals surface area (Å²) in [5.74, 6) is -2.57. The zero-order chi connectivity index (χ0) is 15.2. The topological polar surface area (TPSA) is 6.48 Å². The van der Waals surface area contributed by atoms with E-state index in [1.807, 2.05) is 36.4 Å². The van der Waals surface area contributed by atoms with E-state index >= 15 is 0 Å². The molecule has 1 unspecified atom stereocenters. The molecule has 1 atom stereocenters. The lowest BCUT2D eigenvalue weighted by Gasteiger charge is -2.52. The van der Waals surface area contributed by atoms with Gasteiger partial charge >= 0.3 is 0 Å². The predicted molar refractivity (Wildman–Crippen MR) is 81.8 cm³/mol. The van der Waals surface area contributed by atoms with E-state index in [0.717, 1.165) is 18.5 Å². The van der Waals surface area contributed by atoms with Crippen molar-refractivity contribution in [2.45, 2.75) is 24.8 Å². The molecule has 2 aromatic rings. The summed E-state index contributed by atoms with van der Waals surface area (Å²) in [7, 11) is 0. The van der Waals surface area contributed by atoms with Crippen molar-refractivity contribution in [3.8, 4) is 0 Å². The van der Waals surface area contributed by atoms with E-state index < -0.39 is 5.92 Å². The van der Waals surface area contributed by atoms with Crippen LogP contribution in [0.3, 0.4) is 0 Å². The van der Waals surface area contributed by atoms with Gasteiger partial charge in [0.05, 0.1) is 24.8 Å². The maximum Gasteiger partial charge on any atom is 0.276 e. The summed E-state index contributed by atoms with van der Waals surface area (Å²) in [5, 5.41) is 3.84. The normalized spacial score (nSPS) is 23.7. The Labute approximate surface area is 128 Å². The number of fused-ring (bicyclic) bond motifs is 1. The second-order valence-corrected chi connectivity index (χ2v) is 6.04. The number of anilines is 1. The van der Waals surface area contributed by atoms with Gasteiger partial charge in [-0.05, 0) is 42.2 Å². The Morgan fingerprint density at radius 3 is 2.59 bits per heavy atom. The molecule has 1 saturated heterocycles. The Morgan fingerprint density at radius 1 is 1.09 bits per heavy atom. The lowest BCUT2D eigenvalue weighted by molar-refractivity contribution is -0.139. The molecule has 113 valence electrons. The first-order chi connectivity index (χ1) is 10.6. The minimum atomic E-state index is -2.57. The minimum Gasteiger partial charge on any atom is -0.298 e. The lowest BCUT2D eigenvalue weighted by atomic mass is 9.92. The van der Waals surface area contributed by atoms with Crippen molar-refractivity contribution in [1.29, 1.82) is 0 Å². The maximum absolute atomic E-state index is 13.4. The smallest absolute Gasteiger partial charge is 0.276 e. The van der Waals surface area contributed by atoms with E-state index in [2.05, 4.69) is 23.2 Å². The highest BCUT2D eigenvalue weighted by Crippen LogP contribution is 2.42. The first-order valence-electron chi connectivity index (χ1n) is 7.60. The van der Waals surface area contributed by atoms with Crippen LogP contribution >= 0.6 is 0 Å². The number of nitrogens with zero attached hydrogens (tertiary/aromatic N) is 2. The molecule has 4 heteroatoms. The predicted octanol–water partition coefficient (Wildman–Crippen LogP) is 3.85. The van der Waals surface area contributed by atoms with Gasteiger partial charge in [0.25, 0.3) is 5.92 Å². The van der Waals surface area contributed by atoms with Crippen LogP contribution in [0.1, 0.15) is 23.6 Å². The molecule has 2 nitrogen and oxygen atoms in total. The van der Waals surface area contributed by atoms with Crippen LogP contribution in [0.5, 0.6) is 0 Å². The van der Waals surface area contributed by atoms with E-state index in [0.29, 0.717) is 0 Å². The monoisotopic (exact) mass is 299 g/mol. The molecule has 2 aliphatic rings. The van der Waals surface area contributed by atoms with Crippen LogP contribution in [-0.4, -0.2) is 24.0 Å². The number of alkyl halides is 2. The van der Waals surface area contributed by atoms with Crippen molar-refractivity contribution in [3.63, 3.8) is 0 Å². The number of halogens is 2. The first-order valence-corrected chi connectivity index (χ1v) is 7.60.